The number of carbonyl (C=O) groups excluding carboxylic acids is 2. The fourth-order valence-electron chi connectivity index (χ4n) is 4.76. The molecule has 0 bridgehead atoms. The standard InChI is InChI=1S/C25H22F2N2O4/c1-16(30)18-10-11-22-25(33-21-9-5-3-7-19(21)29(18)22)12-14-28(15-13-25)23(31)17-6-2-4-8-20(17)32-24(26)27/h2-11,24H,12-15H2,1H3. The minimum absolute atomic E-state index is 0.0450. The average Bonchev–Trinajstić information content (AvgIpc) is 3.26. The smallest absolute Gasteiger partial charge is 0.387 e. The summed E-state index contributed by atoms with van der Waals surface area (Å²) in [5, 5.41) is 0. The van der Waals surface area contributed by atoms with Crippen LogP contribution in [0.15, 0.2) is 60.7 Å². The van der Waals surface area contributed by atoms with E-state index in [0.29, 0.717) is 37.4 Å². The van der Waals surface area contributed by atoms with Crippen molar-refractivity contribution in [2.45, 2.75) is 32.0 Å². The maximum Gasteiger partial charge on any atom is 0.387 e. The summed E-state index contributed by atoms with van der Waals surface area (Å²) < 4.78 is 38.5. The van der Waals surface area contributed by atoms with Crippen LogP contribution < -0.4 is 9.47 Å². The van der Waals surface area contributed by atoms with Gasteiger partial charge in [0, 0.05) is 32.9 Å². The van der Waals surface area contributed by atoms with Crippen LogP contribution >= 0.6 is 0 Å². The molecule has 0 atom stereocenters. The third-order valence-corrected chi connectivity index (χ3v) is 6.31. The molecule has 2 aliphatic heterocycles. The molecule has 1 fully saturated rings. The van der Waals surface area contributed by atoms with Crippen LogP contribution in [0.4, 0.5) is 8.78 Å². The Balaban J connectivity index is 1.44. The Bertz CT molecular complexity index is 1230. The Morgan fingerprint density at radius 2 is 1.70 bits per heavy atom. The van der Waals surface area contributed by atoms with Gasteiger partial charge in [-0.2, -0.15) is 8.78 Å². The zero-order valence-electron chi connectivity index (χ0n) is 18.0. The van der Waals surface area contributed by atoms with Crippen LogP contribution in [0.5, 0.6) is 11.5 Å². The Labute approximate surface area is 189 Å². The highest BCUT2D eigenvalue weighted by molar-refractivity contribution is 5.97. The molecule has 2 aromatic carbocycles. The lowest BCUT2D eigenvalue weighted by molar-refractivity contribution is -0.0504. The molecule has 5 rings (SSSR count). The summed E-state index contributed by atoms with van der Waals surface area (Å²) in [4.78, 5) is 27.0. The molecule has 3 heterocycles. The quantitative estimate of drug-likeness (QED) is 0.534. The molecule has 1 spiro atoms. The van der Waals surface area contributed by atoms with Gasteiger partial charge in [-0.1, -0.05) is 24.3 Å². The van der Waals surface area contributed by atoms with Crippen molar-refractivity contribution >= 4 is 11.7 Å². The molecule has 8 heteroatoms. The number of likely N-dealkylation sites (tertiary alicyclic amines) is 1. The molecular weight excluding hydrogens is 430 g/mol. The van der Waals surface area contributed by atoms with Gasteiger partial charge in [0.15, 0.2) is 11.4 Å². The van der Waals surface area contributed by atoms with E-state index in [1.165, 1.54) is 19.1 Å². The molecule has 3 aromatic rings. The van der Waals surface area contributed by atoms with Crippen LogP contribution in [0, 0.1) is 0 Å². The van der Waals surface area contributed by atoms with Crippen molar-refractivity contribution in [2.24, 2.45) is 0 Å². The number of hydrogen-bond acceptors (Lipinski definition) is 4. The van der Waals surface area contributed by atoms with Gasteiger partial charge in [-0.3, -0.25) is 9.59 Å². The van der Waals surface area contributed by atoms with Crippen molar-refractivity contribution in [1.29, 1.82) is 0 Å². The largest absolute Gasteiger partial charge is 0.479 e. The van der Waals surface area contributed by atoms with Gasteiger partial charge in [0.05, 0.1) is 22.6 Å². The number of ketones is 1. The summed E-state index contributed by atoms with van der Waals surface area (Å²) in [6.07, 6.45) is 0.985. The molecule has 0 saturated carbocycles. The summed E-state index contributed by atoms with van der Waals surface area (Å²) in [6.45, 7) is -0.745. The number of Topliss-reactive ketones (excluding diaryl/α,β-unsaturated/α-hetero) is 1. The molecule has 0 N–H and O–H groups in total. The third-order valence-electron chi connectivity index (χ3n) is 6.31. The Morgan fingerprint density at radius 1 is 1.00 bits per heavy atom. The Morgan fingerprint density at radius 3 is 2.42 bits per heavy atom. The molecule has 0 unspecified atom stereocenters. The minimum atomic E-state index is -3.01. The second-order valence-corrected chi connectivity index (χ2v) is 8.23. The summed E-state index contributed by atoms with van der Waals surface area (Å²) in [5.74, 6) is 0.133. The number of rotatable bonds is 4. The first kappa shape index (κ1) is 21.2. The fourth-order valence-corrected chi connectivity index (χ4v) is 4.76. The molecule has 2 aliphatic rings. The van der Waals surface area contributed by atoms with Crippen molar-refractivity contribution in [3.63, 3.8) is 0 Å². The number of nitrogens with zero attached hydrogens (tertiary/aromatic N) is 2. The summed E-state index contributed by atoms with van der Waals surface area (Å²) >= 11 is 0. The SMILES string of the molecule is CC(=O)c1ccc2n1-c1ccccc1OC21CCN(C(=O)c2ccccc2OC(F)F)CC1. The molecule has 1 amide bonds. The second kappa shape index (κ2) is 8.03. The number of fused-ring (bicyclic) bond motifs is 4. The number of ether oxygens (including phenoxy) is 2. The molecule has 33 heavy (non-hydrogen) atoms. The molecule has 0 aliphatic carbocycles. The molecular formula is C25H22F2N2O4. The van der Waals surface area contributed by atoms with E-state index in [4.69, 9.17) is 4.74 Å². The van der Waals surface area contributed by atoms with E-state index >= 15 is 0 Å². The molecule has 1 aromatic heterocycles. The van der Waals surface area contributed by atoms with Crippen LogP contribution in [0.25, 0.3) is 5.69 Å². The van der Waals surface area contributed by atoms with Crippen molar-refractivity contribution < 1.29 is 27.8 Å². The highest BCUT2D eigenvalue weighted by atomic mass is 19.3. The van der Waals surface area contributed by atoms with Gasteiger partial charge in [0.2, 0.25) is 0 Å². The zero-order valence-corrected chi connectivity index (χ0v) is 18.0. The molecule has 170 valence electrons. The predicted octanol–water partition coefficient (Wildman–Crippen LogP) is 4.81. The average molecular weight is 452 g/mol. The minimum Gasteiger partial charge on any atom is -0.479 e. The molecule has 6 nitrogen and oxygen atoms in total. The lowest BCUT2D eigenvalue weighted by Gasteiger charge is -2.45. The Kier molecular flexibility index (Phi) is 5.15. The summed E-state index contributed by atoms with van der Waals surface area (Å²) in [5.41, 5.74) is 1.67. The number of hydrogen-bond donors (Lipinski definition) is 0. The van der Waals surface area contributed by atoms with Crippen molar-refractivity contribution in [1.82, 2.24) is 9.47 Å². The lowest BCUT2D eigenvalue weighted by Crippen LogP contribution is -2.50. The number of carbonyl (C=O) groups is 2. The highest BCUT2D eigenvalue weighted by Gasteiger charge is 2.45. The van der Waals surface area contributed by atoms with Gasteiger partial charge in [0.1, 0.15) is 11.5 Å². The number of halogens is 2. The fraction of sp³-hybridized carbons (Fsp3) is 0.280. The van der Waals surface area contributed by atoms with Crippen LogP contribution in [-0.2, 0) is 5.60 Å². The van der Waals surface area contributed by atoms with Crippen LogP contribution in [0.3, 0.4) is 0 Å². The summed E-state index contributed by atoms with van der Waals surface area (Å²) in [6, 6.07) is 17.3. The summed E-state index contributed by atoms with van der Waals surface area (Å²) in [7, 11) is 0. The van der Waals surface area contributed by atoms with Crippen molar-refractivity contribution in [3.8, 4) is 17.2 Å². The van der Waals surface area contributed by atoms with E-state index in [1.807, 2.05) is 34.9 Å². The number of aromatic nitrogens is 1. The van der Waals surface area contributed by atoms with E-state index < -0.39 is 12.2 Å². The first-order chi connectivity index (χ1) is 15.9. The van der Waals surface area contributed by atoms with Gasteiger partial charge >= 0.3 is 6.61 Å². The predicted molar refractivity (Wildman–Crippen MR) is 116 cm³/mol. The van der Waals surface area contributed by atoms with Gasteiger partial charge < -0.3 is 18.9 Å². The van der Waals surface area contributed by atoms with E-state index in [-0.39, 0.29) is 23.0 Å². The Hall–Kier alpha value is -3.68. The van der Waals surface area contributed by atoms with E-state index in [0.717, 1.165) is 11.4 Å². The van der Waals surface area contributed by atoms with Gasteiger partial charge in [-0.25, -0.2) is 0 Å². The van der Waals surface area contributed by atoms with Crippen LogP contribution in [-0.4, -0.2) is 40.9 Å². The second-order valence-electron chi connectivity index (χ2n) is 8.23. The van der Waals surface area contributed by atoms with E-state index in [9.17, 15) is 18.4 Å². The first-order valence-corrected chi connectivity index (χ1v) is 10.7. The molecule has 1 saturated heterocycles. The number of alkyl halides is 2. The van der Waals surface area contributed by atoms with Gasteiger partial charge in [-0.15, -0.1) is 0 Å². The number of benzene rings is 2. The van der Waals surface area contributed by atoms with Gasteiger partial charge in [-0.05, 0) is 36.4 Å². The number of amides is 1. The van der Waals surface area contributed by atoms with Crippen molar-refractivity contribution in [2.75, 3.05) is 13.1 Å². The third kappa shape index (κ3) is 3.55. The highest BCUT2D eigenvalue weighted by Crippen LogP contribution is 2.46. The number of piperidine rings is 1. The topological polar surface area (TPSA) is 60.8 Å². The number of para-hydroxylation sites is 3. The maximum absolute atomic E-state index is 13.1. The lowest BCUT2D eigenvalue weighted by atomic mass is 9.86. The van der Waals surface area contributed by atoms with Crippen LogP contribution in [0.2, 0.25) is 0 Å². The van der Waals surface area contributed by atoms with Crippen molar-refractivity contribution in [3.05, 3.63) is 77.6 Å². The van der Waals surface area contributed by atoms with E-state index in [1.54, 1.807) is 23.1 Å². The zero-order chi connectivity index (χ0) is 23.2. The monoisotopic (exact) mass is 452 g/mol. The van der Waals surface area contributed by atoms with Gasteiger partial charge in [0.25, 0.3) is 5.91 Å². The van der Waals surface area contributed by atoms with Crippen LogP contribution in [0.1, 0.15) is 46.3 Å². The molecule has 0 radical (unpaired) electrons. The first-order valence-electron chi connectivity index (χ1n) is 10.7. The van der Waals surface area contributed by atoms with E-state index in [2.05, 4.69) is 4.74 Å². The normalized spacial score (nSPS) is 16.2. The maximum atomic E-state index is 13.1.